The summed E-state index contributed by atoms with van der Waals surface area (Å²) in [5.41, 5.74) is 2.93. The zero-order valence-electron chi connectivity index (χ0n) is 15.1. The van der Waals surface area contributed by atoms with E-state index in [2.05, 4.69) is 20.6 Å². The molecule has 2 aromatic carbocycles. The van der Waals surface area contributed by atoms with Gasteiger partial charge in [0.05, 0.1) is 11.6 Å². The van der Waals surface area contributed by atoms with Gasteiger partial charge in [-0.2, -0.15) is 0 Å². The molecule has 0 saturated carbocycles. The summed E-state index contributed by atoms with van der Waals surface area (Å²) in [7, 11) is 0. The number of aliphatic imine (C=N–C) groups is 1. The van der Waals surface area contributed by atoms with Crippen molar-refractivity contribution >= 4 is 29.2 Å². The van der Waals surface area contributed by atoms with Crippen molar-refractivity contribution in [1.82, 2.24) is 10.3 Å². The number of anilines is 1. The number of guanidine groups is 1. The van der Waals surface area contributed by atoms with E-state index in [9.17, 15) is 9.18 Å². The Labute approximate surface area is 167 Å². The third kappa shape index (κ3) is 5.37. The van der Waals surface area contributed by atoms with Crippen LogP contribution >= 0.6 is 11.6 Å². The highest BCUT2D eigenvalue weighted by Gasteiger charge is 2.10. The molecule has 28 heavy (non-hydrogen) atoms. The smallest absolute Gasteiger partial charge is 0.257 e. The number of hydrogen-bond acceptors (Lipinski definition) is 3. The molecule has 5 nitrogen and oxygen atoms in total. The van der Waals surface area contributed by atoms with E-state index in [0.29, 0.717) is 17.8 Å². The van der Waals surface area contributed by atoms with E-state index in [4.69, 9.17) is 11.6 Å². The van der Waals surface area contributed by atoms with Crippen LogP contribution in [-0.4, -0.2) is 16.9 Å². The first-order chi connectivity index (χ1) is 13.5. The van der Waals surface area contributed by atoms with Gasteiger partial charge in [-0.1, -0.05) is 35.4 Å². The second-order valence-corrected chi connectivity index (χ2v) is 6.51. The fourth-order valence-corrected chi connectivity index (χ4v) is 2.55. The minimum absolute atomic E-state index is 0.0264. The summed E-state index contributed by atoms with van der Waals surface area (Å²) in [6.07, 6.45) is 3.36. The average molecular weight is 397 g/mol. The lowest BCUT2D eigenvalue weighted by Gasteiger charge is -2.12. The molecule has 0 spiro atoms. The molecule has 3 aromatic rings. The van der Waals surface area contributed by atoms with E-state index >= 15 is 0 Å². The number of aromatic nitrogens is 1. The SMILES string of the molecule is Cc1ccc(C(=O)NC(=NCc2cccnc2)Nc2ccc(F)c(Cl)c2)cc1. The van der Waals surface area contributed by atoms with Crippen molar-refractivity contribution in [2.75, 3.05) is 5.32 Å². The van der Waals surface area contributed by atoms with Crippen LogP contribution < -0.4 is 10.6 Å². The number of halogens is 2. The van der Waals surface area contributed by atoms with Crippen LogP contribution in [0, 0.1) is 12.7 Å². The fraction of sp³-hybridized carbons (Fsp3) is 0.0952. The summed E-state index contributed by atoms with van der Waals surface area (Å²) in [6.45, 7) is 2.25. The lowest BCUT2D eigenvalue weighted by Crippen LogP contribution is -2.36. The van der Waals surface area contributed by atoms with Gasteiger partial charge in [0.1, 0.15) is 5.82 Å². The molecule has 1 amide bonds. The molecule has 0 fully saturated rings. The van der Waals surface area contributed by atoms with Gasteiger partial charge in [-0.3, -0.25) is 15.1 Å². The lowest BCUT2D eigenvalue weighted by molar-refractivity contribution is 0.0977. The van der Waals surface area contributed by atoms with Gasteiger partial charge in [-0.25, -0.2) is 9.38 Å². The third-order valence-corrected chi connectivity index (χ3v) is 4.16. The molecule has 0 saturated heterocycles. The van der Waals surface area contributed by atoms with Crippen LogP contribution in [0.25, 0.3) is 0 Å². The Morgan fingerprint density at radius 1 is 1.18 bits per heavy atom. The van der Waals surface area contributed by atoms with Crippen LogP contribution in [0.5, 0.6) is 0 Å². The number of aryl methyl sites for hydroxylation is 1. The standard InChI is InChI=1S/C21H18ClFN4O/c1-14-4-6-16(7-5-14)20(28)27-21(25-13-15-3-2-10-24-12-15)26-17-8-9-19(23)18(22)11-17/h2-12H,13H2,1H3,(H2,25,26,27,28). The lowest BCUT2D eigenvalue weighted by atomic mass is 10.1. The maximum absolute atomic E-state index is 13.4. The van der Waals surface area contributed by atoms with Crippen molar-refractivity contribution in [2.24, 2.45) is 4.99 Å². The second-order valence-electron chi connectivity index (χ2n) is 6.10. The summed E-state index contributed by atoms with van der Waals surface area (Å²) < 4.78 is 13.4. The number of nitrogens with zero attached hydrogens (tertiary/aromatic N) is 2. The molecule has 3 rings (SSSR count). The van der Waals surface area contributed by atoms with E-state index < -0.39 is 5.82 Å². The number of rotatable bonds is 4. The molecule has 7 heteroatoms. The van der Waals surface area contributed by atoms with Crippen molar-refractivity contribution in [1.29, 1.82) is 0 Å². The Morgan fingerprint density at radius 3 is 2.64 bits per heavy atom. The molecular formula is C21H18ClFN4O. The van der Waals surface area contributed by atoms with Crippen LogP contribution in [0.3, 0.4) is 0 Å². The number of benzene rings is 2. The molecule has 2 N–H and O–H groups in total. The molecule has 142 valence electrons. The van der Waals surface area contributed by atoms with Gasteiger partial charge in [0.25, 0.3) is 5.91 Å². The van der Waals surface area contributed by atoms with E-state index in [1.807, 2.05) is 31.2 Å². The third-order valence-electron chi connectivity index (χ3n) is 3.87. The van der Waals surface area contributed by atoms with E-state index in [-0.39, 0.29) is 16.9 Å². The minimum Gasteiger partial charge on any atom is -0.326 e. The monoisotopic (exact) mass is 396 g/mol. The van der Waals surface area contributed by atoms with Gasteiger partial charge in [0.15, 0.2) is 0 Å². The van der Waals surface area contributed by atoms with Crippen molar-refractivity contribution in [3.63, 3.8) is 0 Å². The zero-order chi connectivity index (χ0) is 19.9. The first-order valence-electron chi connectivity index (χ1n) is 8.55. The molecule has 0 atom stereocenters. The Bertz CT molecular complexity index is 991. The normalized spacial score (nSPS) is 11.2. The molecule has 1 heterocycles. The van der Waals surface area contributed by atoms with Gasteiger partial charge < -0.3 is 5.32 Å². The maximum Gasteiger partial charge on any atom is 0.257 e. The molecule has 1 aromatic heterocycles. The highest BCUT2D eigenvalue weighted by atomic mass is 35.5. The Morgan fingerprint density at radius 2 is 1.96 bits per heavy atom. The summed E-state index contributed by atoms with van der Waals surface area (Å²) in [5.74, 6) is -0.618. The molecule has 0 aliphatic carbocycles. The molecule has 0 aliphatic rings. The summed E-state index contributed by atoms with van der Waals surface area (Å²) >= 11 is 5.84. The number of nitrogens with one attached hydrogen (secondary N) is 2. The molecule has 0 unspecified atom stereocenters. The van der Waals surface area contributed by atoms with Gasteiger partial charge in [0, 0.05) is 23.6 Å². The highest BCUT2D eigenvalue weighted by molar-refractivity contribution is 6.31. The van der Waals surface area contributed by atoms with Crippen LogP contribution in [0.2, 0.25) is 5.02 Å². The molecule has 0 bridgehead atoms. The predicted molar refractivity (Wildman–Crippen MR) is 109 cm³/mol. The summed E-state index contributed by atoms with van der Waals surface area (Å²) in [5, 5.41) is 5.70. The number of carbonyl (C=O) groups excluding carboxylic acids is 1. The molecular weight excluding hydrogens is 379 g/mol. The van der Waals surface area contributed by atoms with E-state index in [1.54, 1.807) is 24.5 Å². The van der Waals surface area contributed by atoms with E-state index in [0.717, 1.165) is 11.1 Å². The zero-order valence-corrected chi connectivity index (χ0v) is 15.9. The van der Waals surface area contributed by atoms with Crippen molar-refractivity contribution in [3.05, 3.63) is 94.5 Å². The van der Waals surface area contributed by atoms with E-state index in [1.165, 1.54) is 18.2 Å². The largest absolute Gasteiger partial charge is 0.326 e. The molecule has 0 aliphatic heterocycles. The summed E-state index contributed by atoms with van der Waals surface area (Å²) in [6, 6.07) is 15.0. The second kappa shape index (κ2) is 9.10. The Kier molecular flexibility index (Phi) is 6.34. The van der Waals surface area contributed by atoms with Gasteiger partial charge in [-0.05, 0) is 48.9 Å². The van der Waals surface area contributed by atoms with Gasteiger partial charge in [0.2, 0.25) is 5.96 Å². The quantitative estimate of drug-likeness (QED) is 0.501. The average Bonchev–Trinajstić information content (AvgIpc) is 2.70. The van der Waals surface area contributed by atoms with Crippen molar-refractivity contribution < 1.29 is 9.18 Å². The minimum atomic E-state index is -0.523. The number of amides is 1. The first-order valence-corrected chi connectivity index (χ1v) is 8.92. The van der Waals surface area contributed by atoms with Crippen molar-refractivity contribution in [3.8, 4) is 0 Å². The predicted octanol–water partition coefficient (Wildman–Crippen LogP) is 4.58. The van der Waals surface area contributed by atoms with Gasteiger partial charge in [-0.15, -0.1) is 0 Å². The van der Waals surface area contributed by atoms with Crippen LogP contribution in [0.4, 0.5) is 10.1 Å². The van der Waals surface area contributed by atoms with Crippen LogP contribution in [0.1, 0.15) is 21.5 Å². The number of pyridine rings is 1. The first kappa shape index (κ1) is 19.5. The molecule has 0 radical (unpaired) electrons. The van der Waals surface area contributed by atoms with Gasteiger partial charge >= 0.3 is 0 Å². The Balaban J connectivity index is 1.81. The van der Waals surface area contributed by atoms with Crippen LogP contribution in [-0.2, 0) is 6.54 Å². The summed E-state index contributed by atoms with van der Waals surface area (Å²) in [4.78, 5) is 21.0. The fourth-order valence-electron chi connectivity index (χ4n) is 2.37. The maximum atomic E-state index is 13.4. The van der Waals surface area contributed by atoms with Crippen LogP contribution in [0.15, 0.2) is 72.0 Å². The topological polar surface area (TPSA) is 66.4 Å². The Hall–Kier alpha value is -3.25. The van der Waals surface area contributed by atoms with Crippen molar-refractivity contribution in [2.45, 2.75) is 13.5 Å². The number of carbonyl (C=O) groups is 1. The number of hydrogen-bond donors (Lipinski definition) is 2. The highest BCUT2D eigenvalue weighted by Crippen LogP contribution is 2.19.